The number of anilines is 1. The maximum absolute atomic E-state index is 12.7. The molecule has 7 heteroatoms. The zero-order valence-electron chi connectivity index (χ0n) is 16.1. The Kier molecular flexibility index (Phi) is 5.36. The lowest BCUT2D eigenvalue weighted by Gasteiger charge is -2.36. The van der Waals surface area contributed by atoms with Crippen molar-refractivity contribution in [2.24, 2.45) is 7.05 Å². The summed E-state index contributed by atoms with van der Waals surface area (Å²) < 4.78 is 1.56. The predicted molar refractivity (Wildman–Crippen MR) is 114 cm³/mol. The van der Waals surface area contributed by atoms with E-state index in [4.69, 9.17) is 16.6 Å². The highest BCUT2D eigenvalue weighted by atomic mass is 35.5. The summed E-state index contributed by atoms with van der Waals surface area (Å²) in [4.78, 5) is 33.8. The Bertz CT molecular complexity index is 1070. The molecule has 0 saturated carbocycles. The minimum atomic E-state index is -0.103. The molecule has 1 aliphatic heterocycles. The van der Waals surface area contributed by atoms with Crippen LogP contribution in [0.3, 0.4) is 0 Å². The van der Waals surface area contributed by atoms with Crippen molar-refractivity contribution in [1.82, 2.24) is 14.5 Å². The molecule has 6 nitrogen and oxygen atoms in total. The lowest BCUT2D eigenvalue weighted by atomic mass is 10.1. The minimum absolute atomic E-state index is 0.0128. The van der Waals surface area contributed by atoms with E-state index >= 15 is 0 Å². The Balaban J connectivity index is 1.52. The average Bonchev–Trinajstić information content (AvgIpc) is 2.76. The first-order valence-corrected chi connectivity index (χ1v) is 9.84. The number of nitrogens with zero attached hydrogens (tertiary/aromatic N) is 4. The highest BCUT2D eigenvalue weighted by Crippen LogP contribution is 2.20. The number of piperazine rings is 1. The standard InChI is InChI=1S/C22H21ClN4O2/c1-25-20(28)15-19(16-5-3-2-4-6-16)24-22(25)27-13-11-26(12-14-27)21(29)17-7-9-18(23)10-8-17/h2-10,15H,11-14H2,1H3. The van der Waals surface area contributed by atoms with Crippen LogP contribution in [-0.2, 0) is 7.05 Å². The number of hydrogen-bond acceptors (Lipinski definition) is 4. The highest BCUT2D eigenvalue weighted by molar-refractivity contribution is 6.30. The van der Waals surface area contributed by atoms with Crippen molar-refractivity contribution < 1.29 is 4.79 Å². The number of carbonyl (C=O) groups is 1. The third-order valence-electron chi connectivity index (χ3n) is 5.12. The van der Waals surface area contributed by atoms with Crippen molar-refractivity contribution in [2.75, 3.05) is 31.1 Å². The maximum Gasteiger partial charge on any atom is 0.255 e. The largest absolute Gasteiger partial charge is 0.339 e. The molecule has 1 fully saturated rings. The Morgan fingerprint density at radius 1 is 0.966 bits per heavy atom. The Morgan fingerprint density at radius 2 is 1.62 bits per heavy atom. The van der Waals surface area contributed by atoms with Gasteiger partial charge in [-0.3, -0.25) is 14.2 Å². The molecular weight excluding hydrogens is 388 g/mol. The molecule has 0 aliphatic carbocycles. The van der Waals surface area contributed by atoms with Gasteiger partial charge in [0.25, 0.3) is 11.5 Å². The van der Waals surface area contributed by atoms with Crippen LogP contribution in [0.2, 0.25) is 5.02 Å². The summed E-state index contributed by atoms with van der Waals surface area (Å²) in [7, 11) is 1.73. The van der Waals surface area contributed by atoms with Crippen LogP contribution >= 0.6 is 11.6 Å². The molecule has 2 heterocycles. The van der Waals surface area contributed by atoms with E-state index < -0.39 is 0 Å². The molecule has 0 atom stereocenters. The highest BCUT2D eigenvalue weighted by Gasteiger charge is 2.24. The third-order valence-corrected chi connectivity index (χ3v) is 5.37. The number of aromatic nitrogens is 2. The van der Waals surface area contributed by atoms with E-state index in [1.807, 2.05) is 35.2 Å². The zero-order chi connectivity index (χ0) is 20.4. The summed E-state index contributed by atoms with van der Waals surface area (Å²) in [6, 6.07) is 18.1. The molecule has 4 rings (SSSR count). The van der Waals surface area contributed by atoms with E-state index in [1.54, 1.807) is 41.9 Å². The number of halogens is 1. The first-order chi connectivity index (χ1) is 14.0. The second-order valence-electron chi connectivity index (χ2n) is 6.99. The quantitative estimate of drug-likeness (QED) is 0.668. The van der Waals surface area contributed by atoms with Crippen molar-refractivity contribution >= 4 is 23.5 Å². The molecule has 0 radical (unpaired) electrons. The molecule has 2 aromatic carbocycles. The lowest BCUT2D eigenvalue weighted by molar-refractivity contribution is 0.0746. The molecule has 1 aromatic heterocycles. The fourth-order valence-corrected chi connectivity index (χ4v) is 3.58. The Morgan fingerprint density at radius 3 is 2.28 bits per heavy atom. The smallest absolute Gasteiger partial charge is 0.255 e. The van der Waals surface area contributed by atoms with Gasteiger partial charge in [0.1, 0.15) is 0 Å². The van der Waals surface area contributed by atoms with Crippen LogP contribution in [0.5, 0.6) is 0 Å². The van der Waals surface area contributed by atoms with E-state index in [0.29, 0.717) is 48.4 Å². The monoisotopic (exact) mass is 408 g/mol. The fraction of sp³-hybridized carbons (Fsp3) is 0.227. The van der Waals surface area contributed by atoms with Gasteiger partial charge in [0, 0.05) is 55.4 Å². The van der Waals surface area contributed by atoms with Gasteiger partial charge >= 0.3 is 0 Å². The molecule has 1 saturated heterocycles. The SMILES string of the molecule is Cn1c(N2CCN(C(=O)c3ccc(Cl)cc3)CC2)nc(-c2ccccc2)cc1=O. The number of benzene rings is 2. The molecular formula is C22H21ClN4O2. The van der Waals surface area contributed by atoms with Gasteiger partial charge in [-0.25, -0.2) is 4.98 Å². The van der Waals surface area contributed by atoms with Crippen molar-refractivity contribution in [3.63, 3.8) is 0 Å². The predicted octanol–water partition coefficient (Wildman–Crippen LogP) is 3.06. The first kappa shape index (κ1) is 19.2. The molecule has 3 aromatic rings. The molecule has 1 amide bonds. The number of amides is 1. The van der Waals surface area contributed by atoms with Gasteiger partial charge in [0.15, 0.2) is 0 Å². The summed E-state index contributed by atoms with van der Waals surface area (Å²) in [5.74, 6) is 0.608. The summed E-state index contributed by atoms with van der Waals surface area (Å²) >= 11 is 5.91. The minimum Gasteiger partial charge on any atom is -0.339 e. The van der Waals surface area contributed by atoms with Crippen LogP contribution in [0.1, 0.15) is 10.4 Å². The fourth-order valence-electron chi connectivity index (χ4n) is 3.45. The number of carbonyl (C=O) groups excluding carboxylic acids is 1. The number of hydrogen-bond donors (Lipinski definition) is 0. The van der Waals surface area contributed by atoms with Crippen LogP contribution in [-0.4, -0.2) is 46.5 Å². The topological polar surface area (TPSA) is 58.4 Å². The summed E-state index contributed by atoms with van der Waals surface area (Å²) in [6.45, 7) is 2.34. The molecule has 1 aliphatic rings. The normalized spacial score (nSPS) is 14.1. The van der Waals surface area contributed by atoms with Crippen LogP contribution in [0.15, 0.2) is 65.5 Å². The van der Waals surface area contributed by atoms with E-state index in [1.165, 1.54) is 0 Å². The average molecular weight is 409 g/mol. The third kappa shape index (κ3) is 4.03. The van der Waals surface area contributed by atoms with Gasteiger partial charge in [-0.1, -0.05) is 41.9 Å². The van der Waals surface area contributed by atoms with Gasteiger partial charge in [-0.05, 0) is 24.3 Å². The Labute approximate surface area is 174 Å². The maximum atomic E-state index is 12.7. The molecule has 0 spiro atoms. The van der Waals surface area contributed by atoms with Gasteiger partial charge in [0.2, 0.25) is 5.95 Å². The summed E-state index contributed by atoms with van der Waals surface area (Å²) in [6.07, 6.45) is 0. The summed E-state index contributed by atoms with van der Waals surface area (Å²) in [5, 5.41) is 0.608. The van der Waals surface area contributed by atoms with Crippen molar-refractivity contribution in [3.05, 3.63) is 81.6 Å². The lowest BCUT2D eigenvalue weighted by Crippen LogP contribution is -2.50. The Hall–Kier alpha value is -3.12. The van der Waals surface area contributed by atoms with Gasteiger partial charge in [-0.2, -0.15) is 0 Å². The second kappa shape index (κ2) is 8.09. The van der Waals surface area contributed by atoms with Crippen molar-refractivity contribution in [2.45, 2.75) is 0 Å². The zero-order valence-corrected chi connectivity index (χ0v) is 16.8. The molecule has 0 bridgehead atoms. The molecule has 29 heavy (non-hydrogen) atoms. The van der Waals surface area contributed by atoms with Crippen molar-refractivity contribution in [3.8, 4) is 11.3 Å². The van der Waals surface area contributed by atoms with E-state index in [2.05, 4.69) is 4.90 Å². The molecule has 0 N–H and O–H groups in total. The number of rotatable bonds is 3. The van der Waals surface area contributed by atoms with Gasteiger partial charge in [-0.15, -0.1) is 0 Å². The van der Waals surface area contributed by atoms with E-state index in [9.17, 15) is 9.59 Å². The van der Waals surface area contributed by atoms with Crippen LogP contribution in [0.25, 0.3) is 11.3 Å². The van der Waals surface area contributed by atoms with Crippen LogP contribution in [0.4, 0.5) is 5.95 Å². The second-order valence-corrected chi connectivity index (χ2v) is 7.43. The molecule has 0 unspecified atom stereocenters. The van der Waals surface area contributed by atoms with Crippen LogP contribution in [0, 0.1) is 0 Å². The van der Waals surface area contributed by atoms with Crippen LogP contribution < -0.4 is 10.5 Å². The van der Waals surface area contributed by atoms with Gasteiger partial charge < -0.3 is 9.80 Å². The van der Waals surface area contributed by atoms with E-state index in [0.717, 1.165) is 5.56 Å². The summed E-state index contributed by atoms with van der Waals surface area (Å²) in [5.41, 5.74) is 2.08. The van der Waals surface area contributed by atoms with Gasteiger partial charge in [0.05, 0.1) is 5.69 Å². The van der Waals surface area contributed by atoms with E-state index in [-0.39, 0.29) is 11.5 Å². The molecule has 148 valence electrons. The first-order valence-electron chi connectivity index (χ1n) is 9.46. The van der Waals surface area contributed by atoms with Crippen molar-refractivity contribution in [1.29, 1.82) is 0 Å².